The number of benzene rings is 1. The molecule has 1 aliphatic rings. The molecular formula is C11H12F3NO. The number of ether oxygens (including phenoxy) is 1. The average Bonchev–Trinajstić information content (AvgIpc) is 2.31. The van der Waals surface area contributed by atoms with Crippen LogP contribution in [0.2, 0.25) is 0 Å². The Labute approximate surface area is 91.4 Å². The van der Waals surface area contributed by atoms with E-state index in [1.807, 2.05) is 0 Å². The molecule has 1 fully saturated rings. The number of morpholine rings is 1. The lowest BCUT2D eigenvalue weighted by Gasteiger charge is -2.23. The van der Waals surface area contributed by atoms with Crippen LogP contribution in [0.1, 0.15) is 5.56 Å². The van der Waals surface area contributed by atoms with Crippen LogP contribution in [-0.2, 0) is 11.2 Å². The van der Waals surface area contributed by atoms with Crippen LogP contribution >= 0.6 is 0 Å². The average molecular weight is 231 g/mol. The molecule has 1 aliphatic heterocycles. The maximum Gasteiger partial charge on any atom is 0.194 e. The third kappa shape index (κ3) is 2.36. The summed E-state index contributed by atoms with van der Waals surface area (Å²) in [6, 6.07) is 2.16. The second-order valence-electron chi connectivity index (χ2n) is 3.76. The van der Waals surface area contributed by atoms with E-state index in [-0.39, 0.29) is 11.6 Å². The molecule has 0 aliphatic carbocycles. The van der Waals surface area contributed by atoms with E-state index in [2.05, 4.69) is 5.32 Å². The Morgan fingerprint density at radius 1 is 1.25 bits per heavy atom. The molecule has 1 N–H and O–H groups in total. The largest absolute Gasteiger partial charge is 0.379 e. The van der Waals surface area contributed by atoms with E-state index in [0.717, 1.165) is 6.07 Å². The molecule has 0 radical (unpaired) electrons. The van der Waals surface area contributed by atoms with Crippen LogP contribution in [0.4, 0.5) is 13.2 Å². The van der Waals surface area contributed by atoms with Crippen molar-refractivity contribution in [1.82, 2.24) is 5.32 Å². The lowest BCUT2D eigenvalue weighted by molar-refractivity contribution is 0.0767. The molecule has 0 spiro atoms. The zero-order chi connectivity index (χ0) is 11.5. The van der Waals surface area contributed by atoms with Crippen molar-refractivity contribution in [1.29, 1.82) is 0 Å². The van der Waals surface area contributed by atoms with Gasteiger partial charge in [-0.25, -0.2) is 13.2 Å². The van der Waals surface area contributed by atoms with E-state index in [9.17, 15) is 13.2 Å². The maximum atomic E-state index is 13.3. The van der Waals surface area contributed by atoms with Crippen LogP contribution in [-0.4, -0.2) is 25.8 Å². The van der Waals surface area contributed by atoms with Crippen LogP contribution < -0.4 is 5.32 Å². The minimum Gasteiger partial charge on any atom is -0.379 e. The third-order valence-corrected chi connectivity index (χ3v) is 2.58. The summed E-state index contributed by atoms with van der Waals surface area (Å²) >= 11 is 0. The lowest BCUT2D eigenvalue weighted by Crippen LogP contribution is -2.42. The summed E-state index contributed by atoms with van der Waals surface area (Å²) in [4.78, 5) is 0. The molecule has 2 rings (SSSR count). The summed E-state index contributed by atoms with van der Waals surface area (Å²) in [7, 11) is 0. The first-order chi connectivity index (χ1) is 7.68. The van der Waals surface area contributed by atoms with Crippen molar-refractivity contribution in [3.63, 3.8) is 0 Å². The SMILES string of the molecule is Fc1ccc(CC2COCCN2)c(F)c1F. The molecule has 1 saturated heterocycles. The van der Waals surface area contributed by atoms with Gasteiger partial charge >= 0.3 is 0 Å². The fraction of sp³-hybridized carbons (Fsp3) is 0.455. The highest BCUT2D eigenvalue weighted by Gasteiger charge is 2.18. The predicted molar refractivity (Wildman–Crippen MR) is 52.6 cm³/mol. The van der Waals surface area contributed by atoms with Crippen LogP contribution in [0.15, 0.2) is 12.1 Å². The Morgan fingerprint density at radius 2 is 2.06 bits per heavy atom. The van der Waals surface area contributed by atoms with Crippen LogP contribution in [0.25, 0.3) is 0 Å². The Bertz CT molecular complexity index is 378. The van der Waals surface area contributed by atoms with E-state index in [4.69, 9.17) is 4.74 Å². The van der Waals surface area contributed by atoms with Gasteiger partial charge in [-0.3, -0.25) is 0 Å². The standard InChI is InChI=1S/C11H12F3NO/c12-9-2-1-7(10(13)11(9)14)5-8-6-16-4-3-15-8/h1-2,8,15H,3-6H2. The van der Waals surface area contributed by atoms with Crippen LogP contribution in [0, 0.1) is 17.5 Å². The van der Waals surface area contributed by atoms with Gasteiger partial charge in [0, 0.05) is 12.6 Å². The molecule has 1 aromatic rings. The monoisotopic (exact) mass is 231 g/mol. The summed E-state index contributed by atoms with van der Waals surface area (Å²) in [6.45, 7) is 1.77. The van der Waals surface area contributed by atoms with Gasteiger partial charge in [0.05, 0.1) is 13.2 Å². The van der Waals surface area contributed by atoms with Crippen LogP contribution in [0.3, 0.4) is 0 Å². The minimum absolute atomic E-state index is 0.0480. The molecule has 0 bridgehead atoms. The van der Waals surface area contributed by atoms with Crippen molar-refractivity contribution >= 4 is 0 Å². The normalized spacial score (nSPS) is 21.1. The molecule has 1 atom stereocenters. The highest BCUT2D eigenvalue weighted by molar-refractivity contribution is 5.21. The molecular weight excluding hydrogens is 219 g/mol. The van der Waals surface area contributed by atoms with Crippen molar-refractivity contribution in [2.45, 2.75) is 12.5 Å². The zero-order valence-electron chi connectivity index (χ0n) is 8.60. The van der Waals surface area contributed by atoms with E-state index in [1.54, 1.807) is 0 Å². The highest BCUT2D eigenvalue weighted by atomic mass is 19.2. The molecule has 1 heterocycles. The molecule has 0 amide bonds. The summed E-state index contributed by atoms with van der Waals surface area (Å²) in [5.74, 6) is -3.67. The van der Waals surface area contributed by atoms with E-state index in [0.29, 0.717) is 26.2 Å². The number of hydrogen-bond donors (Lipinski definition) is 1. The van der Waals surface area contributed by atoms with Gasteiger partial charge in [0.1, 0.15) is 0 Å². The van der Waals surface area contributed by atoms with Crippen molar-refractivity contribution in [2.24, 2.45) is 0 Å². The fourth-order valence-electron chi connectivity index (χ4n) is 1.74. The molecule has 0 saturated carbocycles. The second-order valence-corrected chi connectivity index (χ2v) is 3.76. The summed E-state index contributed by atoms with van der Waals surface area (Å²) in [5, 5.41) is 3.12. The Hall–Kier alpha value is -1.07. The first kappa shape index (κ1) is 11.4. The number of nitrogens with one attached hydrogen (secondary N) is 1. The van der Waals surface area contributed by atoms with Crippen molar-refractivity contribution in [2.75, 3.05) is 19.8 Å². The van der Waals surface area contributed by atoms with Gasteiger partial charge in [-0.05, 0) is 18.1 Å². The van der Waals surface area contributed by atoms with Gasteiger partial charge < -0.3 is 10.1 Å². The molecule has 2 nitrogen and oxygen atoms in total. The quantitative estimate of drug-likeness (QED) is 0.781. The number of hydrogen-bond acceptors (Lipinski definition) is 2. The van der Waals surface area contributed by atoms with Crippen molar-refractivity contribution in [3.05, 3.63) is 35.1 Å². The number of rotatable bonds is 2. The first-order valence-electron chi connectivity index (χ1n) is 5.12. The maximum absolute atomic E-state index is 13.3. The van der Waals surface area contributed by atoms with Gasteiger partial charge in [0.25, 0.3) is 0 Å². The highest BCUT2D eigenvalue weighted by Crippen LogP contribution is 2.17. The zero-order valence-corrected chi connectivity index (χ0v) is 8.60. The molecule has 88 valence electrons. The lowest BCUT2D eigenvalue weighted by atomic mass is 10.0. The second kappa shape index (κ2) is 4.84. The molecule has 16 heavy (non-hydrogen) atoms. The smallest absolute Gasteiger partial charge is 0.194 e. The van der Waals surface area contributed by atoms with Gasteiger partial charge in [0.2, 0.25) is 0 Å². The molecule has 0 aromatic heterocycles. The summed E-state index contributed by atoms with van der Waals surface area (Å²) in [5.41, 5.74) is 0.168. The van der Waals surface area contributed by atoms with E-state index < -0.39 is 17.5 Å². The summed E-state index contributed by atoms with van der Waals surface area (Å²) in [6.07, 6.45) is 0.295. The summed E-state index contributed by atoms with van der Waals surface area (Å²) < 4.78 is 44.2. The minimum atomic E-state index is -1.41. The number of halogens is 3. The van der Waals surface area contributed by atoms with E-state index in [1.165, 1.54) is 6.07 Å². The molecule has 5 heteroatoms. The first-order valence-corrected chi connectivity index (χ1v) is 5.12. The molecule has 1 unspecified atom stereocenters. The van der Waals surface area contributed by atoms with Crippen molar-refractivity contribution in [3.8, 4) is 0 Å². The predicted octanol–water partition coefficient (Wildman–Crippen LogP) is 1.63. The Morgan fingerprint density at radius 3 is 2.75 bits per heavy atom. The molecule has 1 aromatic carbocycles. The Kier molecular flexibility index (Phi) is 3.46. The fourth-order valence-corrected chi connectivity index (χ4v) is 1.74. The van der Waals surface area contributed by atoms with Gasteiger partial charge in [-0.1, -0.05) is 6.07 Å². The van der Waals surface area contributed by atoms with Gasteiger partial charge in [0.15, 0.2) is 17.5 Å². The Balaban J connectivity index is 2.11. The van der Waals surface area contributed by atoms with Crippen LogP contribution in [0.5, 0.6) is 0 Å². The topological polar surface area (TPSA) is 21.3 Å². The third-order valence-electron chi connectivity index (χ3n) is 2.58. The van der Waals surface area contributed by atoms with Gasteiger partial charge in [-0.2, -0.15) is 0 Å². The van der Waals surface area contributed by atoms with E-state index >= 15 is 0 Å². The van der Waals surface area contributed by atoms with Crippen molar-refractivity contribution < 1.29 is 17.9 Å². The van der Waals surface area contributed by atoms with Gasteiger partial charge in [-0.15, -0.1) is 0 Å².